The van der Waals surface area contributed by atoms with Crippen LogP contribution in [-0.4, -0.2) is 35.8 Å². The highest BCUT2D eigenvalue weighted by Crippen LogP contribution is 2.24. The summed E-state index contributed by atoms with van der Waals surface area (Å²) >= 11 is 0. The molecule has 1 heterocycles. The number of nitrogens with zero attached hydrogens (tertiary/aromatic N) is 1. The molecule has 0 unspecified atom stereocenters. The predicted molar refractivity (Wildman–Crippen MR) is 64.9 cm³/mol. The molecule has 1 saturated carbocycles. The summed E-state index contributed by atoms with van der Waals surface area (Å²) in [5, 5.41) is 2.79. The lowest BCUT2D eigenvalue weighted by molar-refractivity contribution is -0.533. The summed E-state index contributed by atoms with van der Waals surface area (Å²) < 4.78 is 2.38. The zero-order valence-electron chi connectivity index (χ0n) is 10.5. The number of carbonyl (C=O) groups is 1. The number of rotatable bonds is 1. The number of nitrogens with one attached hydrogen (secondary N) is 1. The van der Waals surface area contributed by atoms with Gasteiger partial charge in [0.25, 0.3) is 5.91 Å². The average molecular weight is 223 g/mol. The van der Waals surface area contributed by atoms with Crippen molar-refractivity contribution in [2.45, 2.75) is 51.5 Å². The van der Waals surface area contributed by atoms with E-state index in [1.54, 1.807) is 7.05 Å². The van der Waals surface area contributed by atoms with Crippen LogP contribution in [0.2, 0.25) is 0 Å². The van der Waals surface area contributed by atoms with Crippen LogP contribution in [0.15, 0.2) is 0 Å². The molecule has 0 radical (unpaired) electrons. The lowest BCUT2D eigenvalue weighted by atomic mass is 9.89. The summed E-state index contributed by atoms with van der Waals surface area (Å²) in [6, 6.07) is 0.119. The van der Waals surface area contributed by atoms with Crippen molar-refractivity contribution in [3.05, 3.63) is 0 Å². The number of hydrogen-bond donors (Lipinski definition) is 1. The molecule has 1 saturated heterocycles. The van der Waals surface area contributed by atoms with Gasteiger partial charge in [-0.3, -0.25) is 4.79 Å². The highest BCUT2D eigenvalue weighted by molar-refractivity contribution is 5.84. The van der Waals surface area contributed by atoms with E-state index in [2.05, 4.69) is 16.8 Å². The van der Waals surface area contributed by atoms with E-state index in [9.17, 15) is 4.79 Å². The van der Waals surface area contributed by atoms with Gasteiger partial charge in [0.2, 0.25) is 6.04 Å². The van der Waals surface area contributed by atoms with Crippen molar-refractivity contribution in [3.8, 4) is 0 Å². The van der Waals surface area contributed by atoms with Crippen LogP contribution in [0.25, 0.3) is 0 Å². The minimum absolute atomic E-state index is 0.119. The zero-order valence-corrected chi connectivity index (χ0v) is 10.5. The molecule has 1 atom stereocenters. The van der Waals surface area contributed by atoms with Crippen molar-refractivity contribution in [1.29, 1.82) is 0 Å². The first-order valence-electron chi connectivity index (χ1n) is 6.55. The Balaban J connectivity index is 2.12. The van der Waals surface area contributed by atoms with Gasteiger partial charge in [-0.2, -0.15) is 0 Å². The van der Waals surface area contributed by atoms with E-state index in [0.29, 0.717) is 0 Å². The normalized spacial score (nSPS) is 30.6. The average Bonchev–Trinajstić information content (AvgIpc) is 2.78. The Morgan fingerprint density at radius 2 is 2.00 bits per heavy atom. The van der Waals surface area contributed by atoms with Crippen LogP contribution >= 0.6 is 0 Å². The van der Waals surface area contributed by atoms with Crippen molar-refractivity contribution < 1.29 is 9.37 Å². The molecule has 0 aromatic heterocycles. The smallest absolute Gasteiger partial charge is 0.288 e. The predicted octanol–water partition coefficient (Wildman–Crippen LogP) is 1.56. The Labute approximate surface area is 97.9 Å². The molecular formula is C13H23N2O+. The van der Waals surface area contributed by atoms with Crippen LogP contribution in [0.5, 0.6) is 0 Å². The third-order valence-electron chi connectivity index (χ3n) is 4.06. The van der Waals surface area contributed by atoms with Gasteiger partial charge in [0.15, 0.2) is 5.71 Å². The van der Waals surface area contributed by atoms with Crippen molar-refractivity contribution in [3.63, 3.8) is 0 Å². The summed E-state index contributed by atoms with van der Waals surface area (Å²) in [6.07, 6.45) is 7.19. The molecule has 3 heteroatoms. The first kappa shape index (κ1) is 11.6. The van der Waals surface area contributed by atoms with Crippen LogP contribution in [0.4, 0.5) is 0 Å². The molecule has 1 N–H and O–H groups in total. The molecule has 1 aliphatic heterocycles. The maximum Gasteiger partial charge on any atom is 0.288 e. The first-order chi connectivity index (χ1) is 7.72. The van der Waals surface area contributed by atoms with Crippen LogP contribution in [0.1, 0.15) is 45.4 Å². The standard InChI is InChI=1S/C13H22N2O/c1-10-5-7-11(8-6-10)15-9-3-4-12(15)13(16)14-2/h10,12H,3-9H2,1-2H3/p+1/t10?,12-/m1/s1. The van der Waals surface area contributed by atoms with Gasteiger partial charge in [0.1, 0.15) is 6.54 Å². The minimum atomic E-state index is 0.119. The van der Waals surface area contributed by atoms with Crippen LogP contribution in [0, 0.1) is 5.92 Å². The highest BCUT2D eigenvalue weighted by atomic mass is 16.2. The number of likely N-dealkylation sites (N-methyl/N-ethyl adjacent to an activating group) is 1. The van der Waals surface area contributed by atoms with Gasteiger partial charge in [-0.25, -0.2) is 4.58 Å². The lowest BCUT2D eigenvalue weighted by Crippen LogP contribution is -2.40. The molecule has 0 aromatic carbocycles. The molecule has 16 heavy (non-hydrogen) atoms. The Bertz CT molecular complexity index is 299. The second kappa shape index (κ2) is 4.98. The summed E-state index contributed by atoms with van der Waals surface area (Å²) in [7, 11) is 1.74. The largest absolute Gasteiger partial charge is 0.353 e. The molecule has 2 rings (SSSR count). The molecule has 1 amide bonds. The maximum atomic E-state index is 11.8. The van der Waals surface area contributed by atoms with Gasteiger partial charge >= 0.3 is 0 Å². The lowest BCUT2D eigenvalue weighted by Gasteiger charge is -2.19. The van der Waals surface area contributed by atoms with E-state index >= 15 is 0 Å². The third kappa shape index (κ3) is 2.28. The maximum absolute atomic E-state index is 11.8. The van der Waals surface area contributed by atoms with E-state index in [0.717, 1.165) is 25.3 Å². The van der Waals surface area contributed by atoms with Crippen LogP contribution < -0.4 is 5.32 Å². The Morgan fingerprint density at radius 1 is 1.31 bits per heavy atom. The van der Waals surface area contributed by atoms with Crippen molar-refractivity contribution >= 4 is 11.6 Å². The van der Waals surface area contributed by atoms with Gasteiger partial charge in [0, 0.05) is 32.7 Å². The Kier molecular flexibility index (Phi) is 3.62. The number of hydrogen-bond acceptors (Lipinski definition) is 1. The van der Waals surface area contributed by atoms with E-state index in [-0.39, 0.29) is 11.9 Å². The second-order valence-corrected chi connectivity index (χ2v) is 5.21. The highest BCUT2D eigenvalue weighted by Gasteiger charge is 2.36. The minimum Gasteiger partial charge on any atom is -0.353 e. The molecular weight excluding hydrogens is 200 g/mol. The van der Waals surface area contributed by atoms with Crippen LogP contribution in [0.3, 0.4) is 0 Å². The number of carbonyl (C=O) groups excluding carboxylic acids is 1. The first-order valence-corrected chi connectivity index (χ1v) is 6.55. The molecule has 0 spiro atoms. The summed E-state index contributed by atoms with van der Waals surface area (Å²) in [5.74, 6) is 1.06. The SMILES string of the molecule is CNC(=O)[C@H]1CCC[N+]1=C1CCC(C)CC1. The van der Waals surface area contributed by atoms with Crippen LogP contribution in [-0.2, 0) is 4.79 Å². The topological polar surface area (TPSA) is 32.1 Å². The summed E-state index contributed by atoms with van der Waals surface area (Å²) in [6.45, 7) is 3.42. The van der Waals surface area contributed by atoms with Gasteiger partial charge in [0.05, 0.1) is 0 Å². The molecule has 1 aliphatic carbocycles. The van der Waals surface area contributed by atoms with Gasteiger partial charge in [-0.05, 0) is 18.8 Å². The summed E-state index contributed by atoms with van der Waals surface area (Å²) in [4.78, 5) is 11.8. The quantitative estimate of drug-likeness (QED) is 0.672. The summed E-state index contributed by atoms with van der Waals surface area (Å²) in [5.41, 5.74) is 1.53. The zero-order chi connectivity index (χ0) is 11.5. The molecule has 2 aliphatic rings. The van der Waals surface area contributed by atoms with E-state index < -0.39 is 0 Å². The van der Waals surface area contributed by atoms with E-state index in [1.165, 1.54) is 31.4 Å². The monoisotopic (exact) mass is 223 g/mol. The van der Waals surface area contributed by atoms with Crippen molar-refractivity contribution in [1.82, 2.24) is 5.32 Å². The third-order valence-corrected chi connectivity index (χ3v) is 4.06. The number of amides is 1. The molecule has 90 valence electrons. The van der Waals surface area contributed by atoms with E-state index in [4.69, 9.17) is 0 Å². The molecule has 2 fully saturated rings. The molecule has 0 aromatic rings. The fraction of sp³-hybridized carbons (Fsp3) is 0.846. The fourth-order valence-corrected chi connectivity index (χ4v) is 2.97. The van der Waals surface area contributed by atoms with Gasteiger partial charge < -0.3 is 5.32 Å². The van der Waals surface area contributed by atoms with Crippen molar-refractivity contribution in [2.24, 2.45) is 5.92 Å². The van der Waals surface area contributed by atoms with Crippen molar-refractivity contribution in [2.75, 3.05) is 13.6 Å². The second-order valence-electron chi connectivity index (χ2n) is 5.21. The van der Waals surface area contributed by atoms with Gasteiger partial charge in [-0.15, -0.1) is 0 Å². The van der Waals surface area contributed by atoms with E-state index in [1.807, 2.05) is 0 Å². The Morgan fingerprint density at radius 3 is 2.62 bits per heavy atom. The fourth-order valence-electron chi connectivity index (χ4n) is 2.97. The molecule has 0 bridgehead atoms. The van der Waals surface area contributed by atoms with Gasteiger partial charge in [-0.1, -0.05) is 6.92 Å². The Hall–Kier alpha value is -0.860. The molecule has 3 nitrogen and oxygen atoms in total.